The van der Waals surface area contributed by atoms with Crippen molar-refractivity contribution >= 4 is 28.5 Å². The highest BCUT2D eigenvalue weighted by atomic mass is 16.2. The Labute approximate surface area is 206 Å². The molecule has 0 aliphatic carbocycles. The van der Waals surface area contributed by atoms with Crippen LogP contribution in [0.3, 0.4) is 0 Å². The van der Waals surface area contributed by atoms with Crippen LogP contribution in [0.25, 0.3) is 11.0 Å². The van der Waals surface area contributed by atoms with Crippen molar-refractivity contribution in [2.24, 2.45) is 0 Å². The monoisotopic (exact) mass is 477 g/mol. The summed E-state index contributed by atoms with van der Waals surface area (Å²) in [4.78, 5) is 42.3. The number of piperazine rings is 1. The lowest BCUT2D eigenvalue weighted by Gasteiger charge is -2.34. The number of imidazole rings is 1. The van der Waals surface area contributed by atoms with Gasteiger partial charge in [0.05, 0.1) is 17.6 Å². The largest absolute Gasteiger partial charge is 0.340 e. The minimum atomic E-state index is -0.0543. The van der Waals surface area contributed by atoms with Gasteiger partial charge >= 0.3 is 5.69 Å². The lowest BCUT2D eigenvalue weighted by Crippen LogP contribution is -2.50. The Balaban J connectivity index is 1.29. The van der Waals surface area contributed by atoms with Crippen LogP contribution in [0.2, 0.25) is 0 Å². The lowest BCUT2D eigenvalue weighted by atomic mass is 10.1. The van der Waals surface area contributed by atoms with Gasteiger partial charge in [0.25, 0.3) is 0 Å². The molecule has 0 atom stereocenters. The number of hydrogen-bond acceptors (Lipinski definition) is 4. The Morgan fingerprint density at radius 2 is 1.49 bits per heavy atom. The van der Waals surface area contributed by atoms with E-state index in [-0.39, 0.29) is 23.9 Å². The van der Waals surface area contributed by atoms with E-state index in [0.29, 0.717) is 45.8 Å². The highest BCUT2D eigenvalue weighted by Gasteiger charge is 2.23. The predicted octanol–water partition coefficient (Wildman–Crippen LogP) is 2.95. The number of carbonyl (C=O) groups is 2. The van der Waals surface area contributed by atoms with Crippen molar-refractivity contribution in [3.63, 3.8) is 0 Å². The number of aromatic nitrogens is 2. The van der Waals surface area contributed by atoms with E-state index in [1.165, 1.54) is 0 Å². The van der Waals surface area contributed by atoms with Crippen molar-refractivity contribution in [1.29, 1.82) is 0 Å². The normalized spacial score (nSPS) is 14.4. The number of rotatable bonds is 9. The maximum atomic E-state index is 12.9. The summed E-state index contributed by atoms with van der Waals surface area (Å²) in [7, 11) is 0. The number of aryl methyl sites for hydroxylation is 3. The van der Waals surface area contributed by atoms with E-state index >= 15 is 0 Å². The Morgan fingerprint density at radius 1 is 0.857 bits per heavy atom. The van der Waals surface area contributed by atoms with Gasteiger partial charge in [0.1, 0.15) is 0 Å². The van der Waals surface area contributed by atoms with Crippen LogP contribution in [0.4, 0.5) is 5.69 Å². The number of hydrogen-bond donors (Lipinski definition) is 1. The molecule has 8 nitrogen and oxygen atoms in total. The van der Waals surface area contributed by atoms with E-state index in [9.17, 15) is 14.4 Å². The fraction of sp³-hybridized carbons (Fsp3) is 0.444. The molecule has 0 bridgehead atoms. The van der Waals surface area contributed by atoms with Crippen LogP contribution in [0.5, 0.6) is 0 Å². The molecule has 0 unspecified atom stereocenters. The number of amides is 2. The molecule has 1 saturated heterocycles. The third kappa shape index (κ3) is 5.65. The molecule has 1 fully saturated rings. The van der Waals surface area contributed by atoms with Crippen LogP contribution in [0.15, 0.2) is 53.3 Å². The summed E-state index contributed by atoms with van der Waals surface area (Å²) in [6, 6.07) is 15.6. The zero-order chi connectivity index (χ0) is 24.8. The van der Waals surface area contributed by atoms with Crippen LogP contribution in [0, 0.1) is 0 Å². The molecule has 2 amide bonds. The van der Waals surface area contributed by atoms with Crippen molar-refractivity contribution in [1.82, 2.24) is 18.9 Å². The third-order valence-electron chi connectivity index (χ3n) is 6.69. The number of nitrogens with one attached hydrogen (secondary N) is 1. The van der Waals surface area contributed by atoms with E-state index in [1.807, 2.05) is 53.4 Å². The van der Waals surface area contributed by atoms with E-state index < -0.39 is 0 Å². The molecule has 4 rings (SSSR count). The van der Waals surface area contributed by atoms with Crippen LogP contribution in [0.1, 0.15) is 32.3 Å². The topological polar surface area (TPSA) is 79.6 Å². The first-order chi connectivity index (χ1) is 17.0. The molecule has 2 aromatic carbocycles. The van der Waals surface area contributed by atoms with Gasteiger partial charge in [-0.25, -0.2) is 4.79 Å². The van der Waals surface area contributed by atoms with Gasteiger partial charge in [-0.15, -0.1) is 0 Å². The molecule has 8 heteroatoms. The SMILES string of the molecule is CCCn1c(=O)n(CCC(=O)N2CCN(CC(=O)Nc3ccccc3CC)CC2)c2ccccc21. The first-order valence-corrected chi connectivity index (χ1v) is 12.6. The number of anilines is 1. The Kier molecular flexibility index (Phi) is 8.02. The summed E-state index contributed by atoms with van der Waals surface area (Å²) in [6.07, 6.45) is 2.02. The maximum Gasteiger partial charge on any atom is 0.329 e. The number of para-hydroxylation sites is 3. The number of benzene rings is 2. The van der Waals surface area contributed by atoms with Crippen molar-refractivity contribution in [3.05, 3.63) is 64.6 Å². The molecule has 1 aromatic heterocycles. The minimum Gasteiger partial charge on any atom is -0.340 e. The van der Waals surface area contributed by atoms with Gasteiger partial charge in [0.15, 0.2) is 0 Å². The Morgan fingerprint density at radius 3 is 2.14 bits per heavy atom. The van der Waals surface area contributed by atoms with E-state index in [1.54, 1.807) is 9.13 Å². The van der Waals surface area contributed by atoms with Gasteiger partial charge < -0.3 is 10.2 Å². The zero-order valence-electron chi connectivity index (χ0n) is 20.7. The summed E-state index contributed by atoms with van der Waals surface area (Å²) in [5, 5.41) is 3.02. The summed E-state index contributed by atoms with van der Waals surface area (Å²) in [5.41, 5.74) is 3.72. The average molecular weight is 478 g/mol. The molecule has 0 radical (unpaired) electrons. The summed E-state index contributed by atoms with van der Waals surface area (Å²) in [5.74, 6) is 0.0127. The molecule has 2 heterocycles. The molecule has 1 aliphatic heterocycles. The highest BCUT2D eigenvalue weighted by molar-refractivity contribution is 5.93. The standard InChI is InChI=1S/C27H35N5O3/c1-3-14-31-23-11-7-8-12-24(23)32(27(31)35)15-13-26(34)30-18-16-29(17-19-30)20-25(33)28-22-10-6-5-9-21(22)4-2/h5-12H,3-4,13-20H2,1-2H3,(H,28,33). The quantitative estimate of drug-likeness (QED) is 0.514. The van der Waals surface area contributed by atoms with Gasteiger partial charge in [-0.2, -0.15) is 0 Å². The second-order valence-corrected chi connectivity index (χ2v) is 9.04. The van der Waals surface area contributed by atoms with Gasteiger partial charge in [-0.3, -0.25) is 23.6 Å². The highest BCUT2D eigenvalue weighted by Crippen LogP contribution is 2.16. The summed E-state index contributed by atoms with van der Waals surface area (Å²) < 4.78 is 3.51. The zero-order valence-corrected chi connectivity index (χ0v) is 20.7. The Hall–Kier alpha value is -3.39. The van der Waals surface area contributed by atoms with Crippen LogP contribution < -0.4 is 11.0 Å². The van der Waals surface area contributed by atoms with E-state index in [4.69, 9.17) is 0 Å². The van der Waals surface area contributed by atoms with Gasteiger partial charge in [0.2, 0.25) is 11.8 Å². The van der Waals surface area contributed by atoms with Crippen molar-refractivity contribution in [2.45, 2.75) is 46.2 Å². The first kappa shape index (κ1) is 24.7. The maximum absolute atomic E-state index is 12.9. The molecule has 1 N–H and O–H groups in total. The smallest absolute Gasteiger partial charge is 0.329 e. The predicted molar refractivity (Wildman–Crippen MR) is 139 cm³/mol. The summed E-state index contributed by atoms with van der Waals surface area (Å²) >= 11 is 0. The third-order valence-corrected chi connectivity index (χ3v) is 6.69. The molecule has 0 spiro atoms. The van der Waals surface area contributed by atoms with E-state index in [0.717, 1.165) is 35.1 Å². The number of carbonyl (C=O) groups excluding carboxylic acids is 2. The second-order valence-electron chi connectivity index (χ2n) is 9.04. The van der Waals surface area contributed by atoms with Gasteiger partial charge in [0, 0.05) is 51.4 Å². The van der Waals surface area contributed by atoms with Crippen LogP contribution in [-0.4, -0.2) is 63.5 Å². The summed E-state index contributed by atoms with van der Waals surface area (Å²) in [6.45, 7) is 7.96. The van der Waals surface area contributed by atoms with Gasteiger partial charge in [-0.05, 0) is 36.6 Å². The first-order valence-electron chi connectivity index (χ1n) is 12.6. The van der Waals surface area contributed by atoms with E-state index in [2.05, 4.69) is 24.1 Å². The molecule has 186 valence electrons. The molecule has 0 saturated carbocycles. The molecule has 35 heavy (non-hydrogen) atoms. The second kappa shape index (κ2) is 11.4. The fourth-order valence-corrected chi connectivity index (χ4v) is 4.79. The molecule has 3 aromatic rings. The molecular weight excluding hydrogens is 442 g/mol. The fourth-order valence-electron chi connectivity index (χ4n) is 4.79. The van der Waals surface area contributed by atoms with Gasteiger partial charge in [-0.1, -0.05) is 44.2 Å². The molecular formula is C27H35N5O3. The van der Waals surface area contributed by atoms with Crippen molar-refractivity contribution < 1.29 is 9.59 Å². The lowest BCUT2D eigenvalue weighted by molar-refractivity contribution is -0.133. The van der Waals surface area contributed by atoms with Crippen LogP contribution in [-0.2, 0) is 29.1 Å². The number of fused-ring (bicyclic) bond motifs is 1. The van der Waals surface area contributed by atoms with Crippen molar-refractivity contribution in [3.8, 4) is 0 Å². The van der Waals surface area contributed by atoms with Crippen molar-refractivity contribution in [2.75, 3.05) is 38.0 Å². The average Bonchev–Trinajstić information content (AvgIpc) is 3.14. The Bertz CT molecular complexity index is 1240. The van der Waals surface area contributed by atoms with Crippen LogP contribution >= 0.6 is 0 Å². The molecule has 1 aliphatic rings. The minimum absolute atomic E-state index is 0.0338. The number of nitrogens with zero attached hydrogens (tertiary/aromatic N) is 4.